The maximum Gasteiger partial charge on any atom is 2.00 e. The average molecular weight is 289 g/mol. The van der Waals surface area contributed by atoms with E-state index in [0.29, 0.717) is 0 Å². The van der Waals surface area contributed by atoms with Crippen LogP contribution in [0.3, 0.4) is 0 Å². The molecule has 0 aliphatic rings. The molecule has 17 heavy (non-hydrogen) atoms. The molecule has 0 aliphatic carbocycles. The van der Waals surface area contributed by atoms with Gasteiger partial charge in [0.05, 0.1) is 0 Å². The summed E-state index contributed by atoms with van der Waals surface area (Å²) >= 11 is 0. The number of benzene rings is 1. The summed E-state index contributed by atoms with van der Waals surface area (Å²) in [6.07, 6.45) is 0. The van der Waals surface area contributed by atoms with Crippen molar-refractivity contribution in [1.82, 2.24) is 0 Å². The van der Waals surface area contributed by atoms with E-state index in [1.165, 1.54) is 0 Å². The van der Waals surface area contributed by atoms with Crippen LogP contribution in [0.4, 0.5) is 5.69 Å². The Morgan fingerprint density at radius 2 is 1.29 bits per heavy atom. The van der Waals surface area contributed by atoms with E-state index in [-0.39, 0.29) is 17.1 Å². The van der Waals surface area contributed by atoms with Gasteiger partial charge in [0.2, 0.25) is 0 Å². The summed E-state index contributed by atoms with van der Waals surface area (Å²) in [6.45, 7) is 1.94. The van der Waals surface area contributed by atoms with Gasteiger partial charge in [-0.2, -0.15) is 0 Å². The number of hydrogen-bond donors (Lipinski definition) is 1. The van der Waals surface area contributed by atoms with E-state index >= 15 is 0 Å². The number of anilines is 1. The van der Waals surface area contributed by atoms with Gasteiger partial charge < -0.3 is 25.1 Å². The maximum atomic E-state index is 8.89. The van der Waals surface area contributed by atoms with Crippen LogP contribution in [0.1, 0.15) is 13.8 Å². The van der Waals surface area contributed by atoms with Crippen LogP contribution in [0.15, 0.2) is 30.3 Å². The molecule has 0 heterocycles. The van der Waals surface area contributed by atoms with Crippen molar-refractivity contribution in [3.8, 4) is 0 Å². The van der Waals surface area contributed by atoms with Crippen LogP contribution in [0.2, 0.25) is 0 Å². The molecule has 0 saturated heterocycles. The molecule has 1 radical (unpaired) electrons. The largest absolute Gasteiger partial charge is 2.00 e. The summed E-state index contributed by atoms with van der Waals surface area (Å²) in [5.41, 5.74) is 1.16. The molecule has 0 aliphatic heterocycles. The Hall–Kier alpha value is -1.52. The van der Waals surface area contributed by atoms with Gasteiger partial charge in [-0.1, -0.05) is 18.2 Å². The van der Waals surface area contributed by atoms with Gasteiger partial charge in [-0.05, 0) is 26.0 Å². The third-order valence-corrected chi connectivity index (χ3v) is 1.06. The summed E-state index contributed by atoms with van der Waals surface area (Å²) in [7, 11) is 1.91. The second-order valence-electron chi connectivity index (χ2n) is 2.60. The minimum Gasteiger partial charge on any atom is -0.550 e. The Labute approximate surface area is 111 Å². The third kappa shape index (κ3) is 31.4. The van der Waals surface area contributed by atoms with E-state index in [0.717, 1.165) is 19.5 Å². The van der Waals surface area contributed by atoms with Gasteiger partial charge in [0, 0.05) is 24.7 Å². The molecule has 5 nitrogen and oxygen atoms in total. The monoisotopic (exact) mass is 288 g/mol. The number of carboxylic acids is 2. The Bertz CT molecular complexity index is 284. The minimum absolute atomic E-state index is 0. The average Bonchev–Trinajstić information content (AvgIpc) is 2.17. The van der Waals surface area contributed by atoms with Gasteiger partial charge in [0.15, 0.2) is 0 Å². The second-order valence-corrected chi connectivity index (χ2v) is 2.60. The molecule has 1 N–H and O–H groups in total. The first kappa shape index (κ1) is 20.8. The molecule has 1 rings (SSSR count). The number of nitrogens with one attached hydrogen (secondary N) is 1. The van der Waals surface area contributed by atoms with E-state index in [1.54, 1.807) is 0 Å². The fourth-order valence-electron chi connectivity index (χ4n) is 0.605. The van der Waals surface area contributed by atoms with E-state index in [2.05, 4.69) is 5.32 Å². The maximum absolute atomic E-state index is 8.89. The van der Waals surface area contributed by atoms with E-state index in [9.17, 15) is 0 Å². The molecule has 0 amide bonds. The summed E-state index contributed by atoms with van der Waals surface area (Å²) in [5.74, 6) is -2.17. The van der Waals surface area contributed by atoms with Crippen LogP contribution >= 0.6 is 0 Å². The number of hydrogen-bond acceptors (Lipinski definition) is 5. The topological polar surface area (TPSA) is 92.3 Å². The molecule has 6 heteroatoms. The second kappa shape index (κ2) is 14.5. The zero-order valence-electron chi connectivity index (χ0n) is 9.82. The summed E-state index contributed by atoms with van der Waals surface area (Å²) in [5, 5.41) is 20.8. The number of carbonyl (C=O) groups is 2. The van der Waals surface area contributed by atoms with Crippen molar-refractivity contribution in [2.75, 3.05) is 12.4 Å². The van der Waals surface area contributed by atoms with Crippen molar-refractivity contribution in [1.29, 1.82) is 0 Å². The number of rotatable bonds is 1. The molecule has 0 spiro atoms. The summed E-state index contributed by atoms with van der Waals surface area (Å²) < 4.78 is 0. The molecule has 0 aromatic heterocycles. The first-order valence-corrected chi connectivity index (χ1v) is 4.48. The molecule has 0 bridgehead atoms. The van der Waals surface area contributed by atoms with Crippen LogP contribution in [0.25, 0.3) is 0 Å². The third-order valence-electron chi connectivity index (χ3n) is 1.06. The number of carboxylic acid groups (broad SMARTS) is 2. The number of aliphatic carboxylic acids is 2. The normalized spacial score (nSPS) is 7.00. The Morgan fingerprint density at radius 3 is 1.47 bits per heavy atom. The summed E-state index contributed by atoms with van der Waals surface area (Å²) in [6, 6.07) is 10.1. The van der Waals surface area contributed by atoms with Crippen LogP contribution < -0.4 is 15.5 Å². The summed E-state index contributed by atoms with van der Waals surface area (Å²) in [4.78, 5) is 17.8. The molecule has 1 aromatic rings. The van der Waals surface area contributed by atoms with Gasteiger partial charge in [0.1, 0.15) is 0 Å². The van der Waals surface area contributed by atoms with E-state index in [1.807, 2.05) is 37.4 Å². The van der Waals surface area contributed by atoms with Gasteiger partial charge in [0.25, 0.3) is 0 Å². The van der Waals surface area contributed by atoms with Crippen molar-refractivity contribution >= 4 is 17.6 Å². The zero-order valence-corrected chi connectivity index (χ0v) is 10.8. The number of para-hydroxylation sites is 1. The predicted octanol–water partition coefficient (Wildman–Crippen LogP) is -0.762. The number of carbonyl (C=O) groups excluding carboxylic acids is 2. The van der Waals surface area contributed by atoms with Crippen molar-refractivity contribution in [3.05, 3.63) is 30.3 Å². The molecule has 1 aromatic carbocycles. The molecular weight excluding hydrogens is 274 g/mol. The molecule has 99 valence electrons. The Morgan fingerprint density at radius 1 is 1.00 bits per heavy atom. The van der Waals surface area contributed by atoms with Crippen LogP contribution in [0, 0.1) is 0 Å². The van der Waals surface area contributed by atoms with Crippen molar-refractivity contribution in [3.63, 3.8) is 0 Å². The van der Waals surface area contributed by atoms with Gasteiger partial charge >= 0.3 is 17.1 Å². The van der Waals surface area contributed by atoms with Gasteiger partial charge in [-0.25, -0.2) is 0 Å². The van der Waals surface area contributed by atoms with Gasteiger partial charge in [-0.15, -0.1) is 0 Å². The van der Waals surface area contributed by atoms with Gasteiger partial charge in [-0.3, -0.25) is 0 Å². The molecule has 0 saturated carbocycles. The Kier molecular flexibility index (Phi) is 17.7. The predicted molar refractivity (Wildman–Crippen MR) is 57.4 cm³/mol. The van der Waals surface area contributed by atoms with Crippen LogP contribution in [-0.4, -0.2) is 19.0 Å². The Balaban J connectivity index is -0.000000189. The molecule has 0 atom stereocenters. The molecule has 0 unspecified atom stereocenters. The van der Waals surface area contributed by atoms with Crippen LogP contribution in [0.5, 0.6) is 0 Å². The SMILES string of the molecule is CC(=O)[O-].CC(=O)[O-].CNc1ccccc1.[Cu+2]. The smallest absolute Gasteiger partial charge is 0.550 e. The van der Waals surface area contributed by atoms with Crippen molar-refractivity contribution < 1.29 is 36.9 Å². The first-order valence-electron chi connectivity index (χ1n) is 4.48. The fraction of sp³-hybridized carbons (Fsp3) is 0.273. The van der Waals surface area contributed by atoms with Crippen LogP contribution in [-0.2, 0) is 26.7 Å². The minimum atomic E-state index is -1.08. The zero-order chi connectivity index (χ0) is 13.0. The molecular formula is C11H15CuNO4. The first-order chi connectivity index (χ1) is 7.40. The standard InChI is InChI=1S/C7H9N.2C2H4O2.Cu/c1-8-7-5-3-2-4-6-7;2*1-2(3)4;/h2-6,8H,1H3;2*1H3,(H,3,4);/q;;;+2/p-2. The van der Waals surface area contributed by atoms with E-state index in [4.69, 9.17) is 19.8 Å². The quantitative estimate of drug-likeness (QED) is 0.686. The van der Waals surface area contributed by atoms with Crippen molar-refractivity contribution in [2.45, 2.75) is 13.8 Å². The fourth-order valence-corrected chi connectivity index (χ4v) is 0.605. The van der Waals surface area contributed by atoms with Crippen molar-refractivity contribution in [2.24, 2.45) is 0 Å². The molecule has 0 fully saturated rings. The van der Waals surface area contributed by atoms with E-state index < -0.39 is 11.9 Å².